The molecule has 0 aliphatic carbocycles. The highest BCUT2D eigenvalue weighted by Gasteiger charge is 2.06. The third-order valence-electron chi connectivity index (χ3n) is 2.89. The minimum Gasteiger partial charge on any atom is -0.398 e. The van der Waals surface area contributed by atoms with Gasteiger partial charge in [0, 0.05) is 23.2 Å². The third kappa shape index (κ3) is 4.04. The second-order valence-electron chi connectivity index (χ2n) is 4.65. The first kappa shape index (κ1) is 14.0. The summed E-state index contributed by atoms with van der Waals surface area (Å²) in [5.41, 5.74) is 8.50. The Morgan fingerprint density at radius 3 is 2.68 bits per heavy atom. The van der Waals surface area contributed by atoms with Crippen LogP contribution in [0, 0.1) is 5.82 Å². The van der Waals surface area contributed by atoms with E-state index in [1.807, 2.05) is 19.2 Å². The van der Waals surface area contributed by atoms with Crippen LogP contribution < -0.4 is 5.73 Å². The largest absolute Gasteiger partial charge is 0.398 e. The first-order valence-corrected chi connectivity index (χ1v) is 6.81. The van der Waals surface area contributed by atoms with Gasteiger partial charge in [-0.05, 0) is 48.5 Å². The van der Waals surface area contributed by atoms with Crippen LogP contribution in [-0.2, 0) is 13.1 Å². The Bertz CT molecular complexity index is 572. The maximum Gasteiger partial charge on any atom is 0.123 e. The molecule has 0 fully saturated rings. The predicted octanol–water partition coefficient (Wildman–Crippen LogP) is 3.80. The Kier molecular flexibility index (Phi) is 4.56. The van der Waals surface area contributed by atoms with Gasteiger partial charge in [-0.15, -0.1) is 0 Å². The van der Waals surface area contributed by atoms with Crippen LogP contribution in [0.25, 0.3) is 0 Å². The van der Waals surface area contributed by atoms with E-state index in [2.05, 4.69) is 33.0 Å². The molecule has 100 valence electrons. The topological polar surface area (TPSA) is 29.3 Å². The standard InChI is InChI=1S/C15H16BrFN2/c1-19(9-11-3-2-4-13(16)7-11)10-12-8-14(17)5-6-15(12)18/h2-8H,9-10,18H2,1H3. The molecule has 4 heteroatoms. The normalized spacial score (nSPS) is 10.9. The van der Waals surface area contributed by atoms with Crippen molar-refractivity contribution in [3.8, 4) is 0 Å². The molecule has 0 bridgehead atoms. The van der Waals surface area contributed by atoms with Crippen LogP contribution in [-0.4, -0.2) is 11.9 Å². The molecule has 2 rings (SSSR count). The molecular weight excluding hydrogens is 307 g/mol. The lowest BCUT2D eigenvalue weighted by Crippen LogP contribution is -2.18. The number of anilines is 1. The smallest absolute Gasteiger partial charge is 0.123 e. The highest BCUT2D eigenvalue weighted by atomic mass is 79.9. The van der Waals surface area contributed by atoms with Gasteiger partial charge in [0.2, 0.25) is 0 Å². The van der Waals surface area contributed by atoms with E-state index in [-0.39, 0.29) is 5.82 Å². The van der Waals surface area contributed by atoms with Crippen LogP contribution in [0.5, 0.6) is 0 Å². The first-order chi connectivity index (χ1) is 9.04. The fourth-order valence-corrected chi connectivity index (χ4v) is 2.45. The van der Waals surface area contributed by atoms with Gasteiger partial charge in [-0.3, -0.25) is 4.90 Å². The Hall–Kier alpha value is -1.39. The van der Waals surface area contributed by atoms with Gasteiger partial charge < -0.3 is 5.73 Å². The van der Waals surface area contributed by atoms with E-state index in [0.717, 1.165) is 16.6 Å². The van der Waals surface area contributed by atoms with Crippen LogP contribution in [0.1, 0.15) is 11.1 Å². The van der Waals surface area contributed by atoms with Crippen molar-refractivity contribution in [1.82, 2.24) is 4.90 Å². The minimum atomic E-state index is -0.250. The van der Waals surface area contributed by atoms with Gasteiger partial charge in [0.15, 0.2) is 0 Å². The summed E-state index contributed by atoms with van der Waals surface area (Å²) < 4.78 is 14.3. The quantitative estimate of drug-likeness (QED) is 0.867. The lowest BCUT2D eigenvalue weighted by Gasteiger charge is -2.18. The lowest BCUT2D eigenvalue weighted by atomic mass is 10.1. The summed E-state index contributed by atoms with van der Waals surface area (Å²) in [5, 5.41) is 0. The molecule has 0 atom stereocenters. The molecule has 2 aromatic rings. The zero-order valence-corrected chi connectivity index (χ0v) is 12.3. The Morgan fingerprint density at radius 2 is 1.95 bits per heavy atom. The maximum atomic E-state index is 13.2. The average molecular weight is 323 g/mol. The number of rotatable bonds is 4. The highest BCUT2D eigenvalue weighted by molar-refractivity contribution is 9.10. The Morgan fingerprint density at radius 1 is 1.16 bits per heavy atom. The molecule has 0 radical (unpaired) electrons. The molecule has 0 aliphatic rings. The Balaban J connectivity index is 2.05. The molecule has 0 amide bonds. The van der Waals surface area contributed by atoms with Crippen molar-refractivity contribution in [3.63, 3.8) is 0 Å². The van der Waals surface area contributed by atoms with E-state index in [0.29, 0.717) is 12.2 Å². The molecule has 19 heavy (non-hydrogen) atoms. The summed E-state index contributed by atoms with van der Waals surface area (Å²) in [6, 6.07) is 12.6. The molecule has 2 nitrogen and oxygen atoms in total. The summed E-state index contributed by atoms with van der Waals surface area (Å²) in [5.74, 6) is -0.250. The lowest BCUT2D eigenvalue weighted by molar-refractivity contribution is 0.319. The van der Waals surface area contributed by atoms with Crippen molar-refractivity contribution in [1.29, 1.82) is 0 Å². The highest BCUT2D eigenvalue weighted by Crippen LogP contribution is 2.17. The SMILES string of the molecule is CN(Cc1cccc(Br)c1)Cc1cc(F)ccc1N. The van der Waals surface area contributed by atoms with Crippen LogP contribution in [0.3, 0.4) is 0 Å². The van der Waals surface area contributed by atoms with Crippen LogP contribution in [0.2, 0.25) is 0 Å². The summed E-state index contributed by atoms with van der Waals surface area (Å²) >= 11 is 3.45. The molecular formula is C15H16BrFN2. The van der Waals surface area contributed by atoms with Gasteiger partial charge in [0.25, 0.3) is 0 Å². The molecule has 2 N–H and O–H groups in total. The van der Waals surface area contributed by atoms with E-state index in [9.17, 15) is 4.39 Å². The third-order valence-corrected chi connectivity index (χ3v) is 3.38. The summed E-state index contributed by atoms with van der Waals surface area (Å²) in [4.78, 5) is 2.10. The summed E-state index contributed by atoms with van der Waals surface area (Å²) in [6.45, 7) is 1.41. The molecule has 0 saturated heterocycles. The van der Waals surface area contributed by atoms with Gasteiger partial charge >= 0.3 is 0 Å². The number of halogens is 2. The van der Waals surface area contributed by atoms with Crippen molar-refractivity contribution in [2.45, 2.75) is 13.1 Å². The molecule has 0 unspecified atom stereocenters. The van der Waals surface area contributed by atoms with Gasteiger partial charge in [-0.1, -0.05) is 28.1 Å². The predicted molar refractivity (Wildman–Crippen MR) is 80.1 cm³/mol. The van der Waals surface area contributed by atoms with Gasteiger partial charge in [0.05, 0.1) is 0 Å². The number of hydrogen-bond donors (Lipinski definition) is 1. The summed E-state index contributed by atoms with van der Waals surface area (Å²) in [6.07, 6.45) is 0. The number of hydrogen-bond acceptors (Lipinski definition) is 2. The van der Waals surface area contributed by atoms with Crippen LogP contribution in [0.15, 0.2) is 46.9 Å². The molecule has 2 aromatic carbocycles. The minimum absolute atomic E-state index is 0.250. The number of benzene rings is 2. The molecule has 0 spiro atoms. The number of nitrogens with zero attached hydrogens (tertiary/aromatic N) is 1. The van der Waals surface area contributed by atoms with E-state index >= 15 is 0 Å². The van der Waals surface area contributed by atoms with Crippen molar-refractivity contribution < 1.29 is 4.39 Å². The van der Waals surface area contributed by atoms with Crippen LogP contribution >= 0.6 is 15.9 Å². The van der Waals surface area contributed by atoms with Crippen LogP contribution in [0.4, 0.5) is 10.1 Å². The zero-order chi connectivity index (χ0) is 13.8. The molecule has 0 aliphatic heterocycles. The van der Waals surface area contributed by atoms with E-state index in [4.69, 9.17) is 5.73 Å². The summed E-state index contributed by atoms with van der Waals surface area (Å²) in [7, 11) is 1.99. The first-order valence-electron chi connectivity index (χ1n) is 6.01. The molecule has 0 heterocycles. The van der Waals surface area contributed by atoms with E-state index in [1.165, 1.54) is 17.7 Å². The fraction of sp³-hybridized carbons (Fsp3) is 0.200. The second kappa shape index (κ2) is 6.17. The van der Waals surface area contributed by atoms with Crippen molar-refractivity contribution in [2.24, 2.45) is 0 Å². The van der Waals surface area contributed by atoms with Gasteiger partial charge in [0.1, 0.15) is 5.82 Å². The number of nitrogens with two attached hydrogens (primary N) is 1. The molecule has 0 aromatic heterocycles. The van der Waals surface area contributed by atoms with E-state index in [1.54, 1.807) is 6.07 Å². The monoisotopic (exact) mass is 322 g/mol. The Labute approximate surface area is 121 Å². The van der Waals surface area contributed by atoms with Crippen molar-refractivity contribution in [2.75, 3.05) is 12.8 Å². The fourth-order valence-electron chi connectivity index (χ4n) is 2.00. The van der Waals surface area contributed by atoms with Crippen molar-refractivity contribution >= 4 is 21.6 Å². The zero-order valence-electron chi connectivity index (χ0n) is 10.7. The van der Waals surface area contributed by atoms with Gasteiger partial charge in [-0.2, -0.15) is 0 Å². The maximum absolute atomic E-state index is 13.2. The van der Waals surface area contributed by atoms with E-state index < -0.39 is 0 Å². The number of nitrogen functional groups attached to an aromatic ring is 1. The van der Waals surface area contributed by atoms with Gasteiger partial charge in [-0.25, -0.2) is 4.39 Å². The second-order valence-corrected chi connectivity index (χ2v) is 5.56. The molecule has 0 saturated carbocycles. The average Bonchev–Trinajstić information content (AvgIpc) is 2.34. The van der Waals surface area contributed by atoms with Crippen molar-refractivity contribution in [3.05, 3.63) is 63.9 Å².